The molecular formula is C23H16N4O2. The standard InChI is InChI=1S/C23H16N4O2/c1-4-29-23(28)22-20(21(26-2)19(14-25)27(22)3)16-11-9-15(10-12-16)18-8-6-5-7-17(18)13-24/h5-12H,4H2,1,3H3. The van der Waals surface area contributed by atoms with Crippen LogP contribution in [0.3, 0.4) is 0 Å². The maximum Gasteiger partial charge on any atom is 0.354 e. The van der Waals surface area contributed by atoms with E-state index in [0.717, 1.165) is 11.1 Å². The minimum Gasteiger partial charge on any atom is -0.461 e. The van der Waals surface area contributed by atoms with Gasteiger partial charge in [-0.2, -0.15) is 10.5 Å². The molecule has 2 aromatic carbocycles. The van der Waals surface area contributed by atoms with Crippen molar-refractivity contribution in [3.05, 3.63) is 76.9 Å². The van der Waals surface area contributed by atoms with E-state index >= 15 is 0 Å². The third-order valence-electron chi connectivity index (χ3n) is 4.59. The van der Waals surface area contributed by atoms with Gasteiger partial charge in [0.05, 0.1) is 24.8 Å². The highest BCUT2D eigenvalue weighted by atomic mass is 16.5. The van der Waals surface area contributed by atoms with E-state index in [1.807, 2.05) is 30.3 Å². The third kappa shape index (κ3) is 3.34. The van der Waals surface area contributed by atoms with Crippen molar-refractivity contribution in [1.29, 1.82) is 10.5 Å². The van der Waals surface area contributed by atoms with Gasteiger partial charge in [0, 0.05) is 12.6 Å². The fourth-order valence-corrected chi connectivity index (χ4v) is 3.27. The Hall–Kier alpha value is -4.34. The van der Waals surface area contributed by atoms with Crippen LogP contribution >= 0.6 is 0 Å². The Bertz CT molecular complexity index is 1220. The summed E-state index contributed by atoms with van der Waals surface area (Å²) in [7, 11) is 1.57. The zero-order chi connectivity index (χ0) is 21.0. The Kier molecular flexibility index (Phi) is 5.44. The predicted octanol–water partition coefficient (Wildman–Crippen LogP) is 4.83. The van der Waals surface area contributed by atoms with E-state index in [9.17, 15) is 15.3 Å². The molecule has 0 saturated carbocycles. The van der Waals surface area contributed by atoms with Gasteiger partial charge in [-0.15, -0.1) is 0 Å². The maximum atomic E-state index is 12.5. The molecule has 0 amide bonds. The van der Waals surface area contributed by atoms with Gasteiger partial charge in [0.2, 0.25) is 5.69 Å². The number of benzene rings is 2. The molecule has 0 fully saturated rings. The van der Waals surface area contributed by atoms with Crippen LogP contribution < -0.4 is 0 Å². The average molecular weight is 380 g/mol. The van der Waals surface area contributed by atoms with E-state index in [0.29, 0.717) is 16.7 Å². The molecule has 0 aliphatic rings. The van der Waals surface area contributed by atoms with Crippen molar-refractivity contribution in [3.63, 3.8) is 0 Å². The van der Waals surface area contributed by atoms with Crippen molar-refractivity contribution in [2.45, 2.75) is 6.92 Å². The second kappa shape index (κ2) is 8.13. The first-order valence-corrected chi connectivity index (χ1v) is 8.84. The molecular weight excluding hydrogens is 364 g/mol. The summed E-state index contributed by atoms with van der Waals surface area (Å²) in [4.78, 5) is 16.0. The van der Waals surface area contributed by atoms with E-state index in [1.54, 1.807) is 38.2 Å². The van der Waals surface area contributed by atoms with Crippen LogP contribution in [0, 0.1) is 29.2 Å². The van der Waals surface area contributed by atoms with Gasteiger partial charge in [0.25, 0.3) is 0 Å². The smallest absolute Gasteiger partial charge is 0.354 e. The van der Waals surface area contributed by atoms with Gasteiger partial charge >= 0.3 is 5.97 Å². The number of nitrogens with zero attached hydrogens (tertiary/aromatic N) is 4. The van der Waals surface area contributed by atoms with Gasteiger partial charge in [-0.1, -0.05) is 42.5 Å². The first-order chi connectivity index (χ1) is 14.1. The molecule has 3 aromatic rings. The molecule has 0 bridgehead atoms. The molecule has 0 radical (unpaired) electrons. The molecule has 0 aliphatic heterocycles. The second-order valence-corrected chi connectivity index (χ2v) is 6.16. The van der Waals surface area contributed by atoms with Crippen LogP contribution in [0.4, 0.5) is 5.69 Å². The Morgan fingerprint density at radius 2 is 1.76 bits per heavy atom. The number of ether oxygens (including phenoxy) is 1. The molecule has 140 valence electrons. The fraction of sp³-hybridized carbons (Fsp3) is 0.130. The lowest BCUT2D eigenvalue weighted by molar-refractivity contribution is 0.0516. The van der Waals surface area contributed by atoms with Gasteiger partial charge in [0.1, 0.15) is 17.5 Å². The largest absolute Gasteiger partial charge is 0.461 e. The van der Waals surface area contributed by atoms with Gasteiger partial charge in [-0.05, 0) is 29.7 Å². The van der Waals surface area contributed by atoms with Crippen LogP contribution in [-0.4, -0.2) is 17.1 Å². The van der Waals surface area contributed by atoms with Crippen LogP contribution in [0.25, 0.3) is 27.1 Å². The zero-order valence-corrected chi connectivity index (χ0v) is 15.9. The molecule has 0 saturated heterocycles. The summed E-state index contributed by atoms with van der Waals surface area (Å²) in [5, 5.41) is 18.8. The molecule has 0 unspecified atom stereocenters. The quantitative estimate of drug-likeness (QED) is 0.479. The first-order valence-electron chi connectivity index (χ1n) is 8.84. The maximum absolute atomic E-state index is 12.5. The normalized spacial score (nSPS) is 9.90. The molecule has 6 heteroatoms. The molecule has 0 atom stereocenters. The molecule has 0 N–H and O–H groups in total. The second-order valence-electron chi connectivity index (χ2n) is 6.16. The van der Waals surface area contributed by atoms with Gasteiger partial charge in [-0.3, -0.25) is 0 Å². The summed E-state index contributed by atoms with van der Waals surface area (Å²) in [5.74, 6) is -0.588. The zero-order valence-electron chi connectivity index (χ0n) is 15.9. The van der Waals surface area contributed by atoms with Gasteiger partial charge in [0.15, 0.2) is 0 Å². The van der Waals surface area contributed by atoms with E-state index < -0.39 is 5.97 Å². The summed E-state index contributed by atoms with van der Waals surface area (Å²) in [6, 6.07) is 18.6. The van der Waals surface area contributed by atoms with Crippen molar-refractivity contribution in [3.8, 4) is 34.4 Å². The number of carbonyl (C=O) groups is 1. The monoisotopic (exact) mass is 380 g/mol. The van der Waals surface area contributed by atoms with Crippen LogP contribution in [0.1, 0.15) is 28.7 Å². The Morgan fingerprint density at radius 1 is 1.10 bits per heavy atom. The highest BCUT2D eigenvalue weighted by Gasteiger charge is 2.27. The Labute approximate surface area is 168 Å². The molecule has 6 nitrogen and oxygen atoms in total. The van der Waals surface area contributed by atoms with Crippen molar-refractivity contribution < 1.29 is 9.53 Å². The molecule has 3 rings (SSSR count). The molecule has 0 aliphatic carbocycles. The number of hydrogen-bond donors (Lipinski definition) is 0. The summed E-state index contributed by atoms with van der Waals surface area (Å²) >= 11 is 0. The Balaban J connectivity index is 2.19. The van der Waals surface area contributed by atoms with Crippen LogP contribution in [0.2, 0.25) is 0 Å². The minimum atomic E-state index is -0.588. The number of rotatable bonds is 4. The van der Waals surface area contributed by atoms with E-state index in [2.05, 4.69) is 10.9 Å². The number of aromatic nitrogens is 1. The minimum absolute atomic E-state index is 0.108. The topological polar surface area (TPSA) is 83.2 Å². The SMILES string of the molecule is [C-]#[N+]c1c(-c2ccc(-c3ccccc3C#N)cc2)c(C(=O)OCC)n(C)c1C#N. The highest BCUT2D eigenvalue weighted by molar-refractivity contribution is 6.02. The summed E-state index contributed by atoms with van der Waals surface area (Å²) in [5.41, 5.74) is 3.57. The van der Waals surface area contributed by atoms with E-state index in [-0.39, 0.29) is 23.7 Å². The average Bonchev–Trinajstić information content (AvgIpc) is 3.05. The molecule has 29 heavy (non-hydrogen) atoms. The lowest BCUT2D eigenvalue weighted by Gasteiger charge is -2.09. The fourth-order valence-electron chi connectivity index (χ4n) is 3.27. The lowest BCUT2D eigenvalue weighted by Crippen LogP contribution is -2.11. The summed E-state index contributed by atoms with van der Waals surface area (Å²) < 4.78 is 6.55. The highest BCUT2D eigenvalue weighted by Crippen LogP contribution is 2.40. The molecule has 1 aromatic heterocycles. The number of hydrogen-bond acceptors (Lipinski definition) is 4. The van der Waals surface area contributed by atoms with Crippen molar-refractivity contribution in [2.75, 3.05) is 6.61 Å². The summed E-state index contributed by atoms with van der Waals surface area (Å²) in [6.45, 7) is 9.41. The van der Waals surface area contributed by atoms with Crippen molar-refractivity contribution in [1.82, 2.24) is 4.57 Å². The lowest BCUT2D eigenvalue weighted by atomic mass is 9.97. The molecule has 0 spiro atoms. The Morgan fingerprint density at radius 3 is 2.34 bits per heavy atom. The predicted molar refractivity (Wildman–Crippen MR) is 108 cm³/mol. The first kappa shape index (κ1) is 19.4. The number of nitriles is 2. The van der Waals surface area contributed by atoms with Crippen LogP contribution in [0.5, 0.6) is 0 Å². The van der Waals surface area contributed by atoms with Crippen LogP contribution in [-0.2, 0) is 11.8 Å². The van der Waals surface area contributed by atoms with Crippen molar-refractivity contribution in [2.24, 2.45) is 7.05 Å². The van der Waals surface area contributed by atoms with E-state index in [1.165, 1.54) is 4.57 Å². The van der Waals surface area contributed by atoms with Gasteiger partial charge < -0.3 is 9.30 Å². The van der Waals surface area contributed by atoms with Crippen LogP contribution in [0.15, 0.2) is 48.5 Å². The van der Waals surface area contributed by atoms with Crippen molar-refractivity contribution >= 4 is 11.7 Å². The summed E-state index contributed by atoms with van der Waals surface area (Å²) in [6.07, 6.45) is 0. The number of esters is 1. The van der Waals surface area contributed by atoms with E-state index in [4.69, 9.17) is 11.3 Å². The third-order valence-corrected chi connectivity index (χ3v) is 4.59. The van der Waals surface area contributed by atoms with Gasteiger partial charge in [-0.25, -0.2) is 9.64 Å². The number of carbonyl (C=O) groups excluding carboxylic acids is 1. The molecule has 1 heterocycles.